The van der Waals surface area contributed by atoms with E-state index in [0.717, 1.165) is 16.8 Å². The Labute approximate surface area is 121 Å². The highest BCUT2D eigenvalue weighted by Gasteiger charge is 2.14. The number of hydrogen-bond donors (Lipinski definition) is 1. The van der Waals surface area contributed by atoms with Crippen molar-refractivity contribution in [3.8, 4) is 5.75 Å². The lowest BCUT2D eigenvalue weighted by Gasteiger charge is -2.17. The lowest BCUT2D eigenvalue weighted by Crippen LogP contribution is -2.28. The molecule has 1 aromatic carbocycles. The summed E-state index contributed by atoms with van der Waals surface area (Å²) in [6.07, 6.45) is 0. The molecule has 0 saturated heterocycles. The average molecular weight is 276 g/mol. The van der Waals surface area contributed by atoms with E-state index in [4.69, 9.17) is 4.74 Å². The first-order valence-electron chi connectivity index (χ1n) is 6.73. The first-order chi connectivity index (χ1) is 9.18. The van der Waals surface area contributed by atoms with Gasteiger partial charge in [0.25, 0.3) is 5.91 Å². The van der Waals surface area contributed by atoms with Crippen LogP contribution in [0.25, 0.3) is 0 Å². The van der Waals surface area contributed by atoms with Crippen molar-refractivity contribution in [2.75, 3.05) is 6.61 Å². The highest BCUT2D eigenvalue weighted by molar-refractivity contribution is 5.88. The van der Waals surface area contributed by atoms with Crippen molar-refractivity contribution >= 4 is 11.6 Å². The molecule has 0 aromatic heterocycles. The number of benzene rings is 1. The molecule has 1 rings (SSSR count). The van der Waals surface area contributed by atoms with Crippen LogP contribution in [0, 0.1) is 19.3 Å². The molecule has 1 amide bonds. The minimum absolute atomic E-state index is 0.0379. The lowest BCUT2D eigenvalue weighted by molar-refractivity contribution is -0.123. The monoisotopic (exact) mass is 276 g/mol. The van der Waals surface area contributed by atoms with E-state index in [-0.39, 0.29) is 17.9 Å². The van der Waals surface area contributed by atoms with Crippen LogP contribution < -0.4 is 10.2 Å². The van der Waals surface area contributed by atoms with Gasteiger partial charge in [-0.3, -0.25) is 4.79 Å². The zero-order valence-electron chi connectivity index (χ0n) is 13.2. The predicted octanol–water partition coefficient (Wildman–Crippen LogP) is 3.22. The summed E-state index contributed by atoms with van der Waals surface area (Å²) in [5.74, 6) is 0.446. The molecule has 0 radical (unpaired) electrons. The summed E-state index contributed by atoms with van der Waals surface area (Å²) in [5.41, 5.74) is 5.56. The van der Waals surface area contributed by atoms with Crippen LogP contribution >= 0.6 is 0 Å². The molecule has 0 unspecified atom stereocenters. The fraction of sp³-hybridized carbons (Fsp3) is 0.500. The van der Waals surface area contributed by atoms with Gasteiger partial charge in [-0.2, -0.15) is 5.10 Å². The second-order valence-corrected chi connectivity index (χ2v) is 6.09. The molecule has 4 nitrogen and oxygen atoms in total. The zero-order chi connectivity index (χ0) is 15.3. The molecule has 1 aromatic rings. The summed E-state index contributed by atoms with van der Waals surface area (Å²) in [4.78, 5) is 11.7. The number of aryl methyl sites for hydroxylation is 2. The molecular formula is C16H24N2O2. The van der Waals surface area contributed by atoms with Crippen molar-refractivity contribution in [2.24, 2.45) is 10.5 Å². The van der Waals surface area contributed by atoms with Crippen LogP contribution in [0.3, 0.4) is 0 Å². The fourth-order valence-corrected chi connectivity index (χ4v) is 1.51. The van der Waals surface area contributed by atoms with Gasteiger partial charge in [-0.25, -0.2) is 5.43 Å². The van der Waals surface area contributed by atoms with Crippen LogP contribution in [0.15, 0.2) is 23.3 Å². The van der Waals surface area contributed by atoms with Crippen molar-refractivity contribution in [1.29, 1.82) is 0 Å². The Kier molecular flexibility index (Phi) is 5.31. The van der Waals surface area contributed by atoms with E-state index in [9.17, 15) is 4.79 Å². The molecule has 110 valence electrons. The third-order valence-electron chi connectivity index (χ3n) is 3.00. The molecule has 0 spiro atoms. The maximum atomic E-state index is 11.7. The SMILES string of the molecule is C/C(=N\NC(=O)COc1cc(C)cc(C)c1)C(C)(C)C. The summed E-state index contributed by atoms with van der Waals surface area (Å²) in [6, 6.07) is 5.87. The van der Waals surface area contributed by atoms with Crippen LogP contribution in [0.1, 0.15) is 38.8 Å². The molecule has 0 bridgehead atoms. The van der Waals surface area contributed by atoms with Crippen molar-refractivity contribution in [3.63, 3.8) is 0 Å². The second-order valence-electron chi connectivity index (χ2n) is 6.09. The molecule has 0 saturated carbocycles. The van der Waals surface area contributed by atoms with Gasteiger partial charge in [0, 0.05) is 11.1 Å². The molecule has 0 fully saturated rings. The number of nitrogens with zero attached hydrogens (tertiary/aromatic N) is 1. The molecular weight excluding hydrogens is 252 g/mol. The lowest BCUT2D eigenvalue weighted by atomic mass is 9.91. The van der Waals surface area contributed by atoms with Crippen LogP contribution in [0.2, 0.25) is 0 Å². The van der Waals surface area contributed by atoms with E-state index >= 15 is 0 Å². The Balaban J connectivity index is 2.52. The minimum atomic E-state index is -0.257. The van der Waals surface area contributed by atoms with Crippen LogP contribution in [-0.2, 0) is 4.79 Å². The van der Waals surface area contributed by atoms with Crippen LogP contribution in [0.5, 0.6) is 5.75 Å². The van der Waals surface area contributed by atoms with Crippen LogP contribution in [0.4, 0.5) is 0 Å². The smallest absolute Gasteiger partial charge is 0.277 e. The van der Waals surface area contributed by atoms with Gasteiger partial charge >= 0.3 is 0 Å². The third kappa shape index (κ3) is 5.43. The Morgan fingerprint density at radius 1 is 1.20 bits per heavy atom. The highest BCUT2D eigenvalue weighted by atomic mass is 16.5. The quantitative estimate of drug-likeness (QED) is 0.678. The standard InChI is InChI=1S/C16H24N2O2/c1-11-7-12(2)9-14(8-11)20-10-15(19)18-17-13(3)16(4,5)6/h7-9H,10H2,1-6H3,(H,18,19)/b17-13+. The van der Waals surface area contributed by atoms with Crippen molar-refractivity contribution in [1.82, 2.24) is 5.43 Å². The highest BCUT2D eigenvalue weighted by Crippen LogP contribution is 2.16. The maximum absolute atomic E-state index is 11.7. The molecule has 0 aliphatic rings. The van der Waals surface area contributed by atoms with Gasteiger partial charge in [-0.15, -0.1) is 0 Å². The number of ether oxygens (including phenoxy) is 1. The number of rotatable bonds is 4. The molecule has 0 heterocycles. The first kappa shape index (κ1) is 16.2. The van der Waals surface area contributed by atoms with Crippen molar-refractivity contribution in [3.05, 3.63) is 29.3 Å². The van der Waals surface area contributed by atoms with E-state index in [1.54, 1.807) is 0 Å². The van der Waals surface area contributed by atoms with E-state index < -0.39 is 0 Å². The summed E-state index contributed by atoms with van der Waals surface area (Å²) >= 11 is 0. The average Bonchev–Trinajstić information content (AvgIpc) is 2.31. The van der Waals surface area contributed by atoms with Gasteiger partial charge in [-0.05, 0) is 44.0 Å². The summed E-state index contributed by atoms with van der Waals surface area (Å²) in [6.45, 7) is 12.0. The molecule has 20 heavy (non-hydrogen) atoms. The first-order valence-corrected chi connectivity index (χ1v) is 6.73. The number of nitrogens with one attached hydrogen (secondary N) is 1. The second kappa shape index (κ2) is 6.55. The molecule has 1 N–H and O–H groups in total. The van der Waals surface area contributed by atoms with Crippen molar-refractivity contribution < 1.29 is 9.53 Å². The Hall–Kier alpha value is -1.84. The van der Waals surface area contributed by atoms with E-state index in [1.807, 2.05) is 53.7 Å². The van der Waals surface area contributed by atoms with Gasteiger partial charge in [0.1, 0.15) is 5.75 Å². The van der Waals surface area contributed by atoms with Gasteiger partial charge in [0.15, 0.2) is 6.61 Å². The predicted molar refractivity (Wildman–Crippen MR) is 82.1 cm³/mol. The Bertz CT molecular complexity index is 493. The number of hydrogen-bond acceptors (Lipinski definition) is 3. The summed E-state index contributed by atoms with van der Waals surface area (Å²) in [5, 5.41) is 4.08. The number of amides is 1. The molecule has 0 aliphatic carbocycles. The summed E-state index contributed by atoms with van der Waals surface area (Å²) in [7, 11) is 0. The van der Waals surface area contributed by atoms with E-state index in [2.05, 4.69) is 16.6 Å². The number of carbonyl (C=O) groups is 1. The topological polar surface area (TPSA) is 50.7 Å². The molecule has 4 heteroatoms. The van der Waals surface area contributed by atoms with Gasteiger partial charge in [0.2, 0.25) is 0 Å². The Morgan fingerprint density at radius 2 is 1.75 bits per heavy atom. The zero-order valence-corrected chi connectivity index (χ0v) is 13.2. The normalized spacial score (nSPS) is 12.2. The van der Waals surface area contributed by atoms with Gasteiger partial charge in [-0.1, -0.05) is 26.8 Å². The summed E-state index contributed by atoms with van der Waals surface area (Å²) < 4.78 is 5.47. The van der Waals surface area contributed by atoms with Crippen molar-refractivity contribution in [2.45, 2.75) is 41.5 Å². The fourth-order valence-electron chi connectivity index (χ4n) is 1.51. The van der Waals surface area contributed by atoms with Gasteiger partial charge < -0.3 is 4.74 Å². The molecule has 0 aliphatic heterocycles. The van der Waals surface area contributed by atoms with E-state index in [0.29, 0.717) is 5.75 Å². The maximum Gasteiger partial charge on any atom is 0.277 e. The third-order valence-corrected chi connectivity index (χ3v) is 3.00. The van der Waals surface area contributed by atoms with Crippen LogP contribution in [-0.4, -0.2) is 18.2 Å². The number of hydrazone groups is 1. The number of carbonyl (C=O) groups excluding carboxylic acids is 1. The largest absolute Gasteiger partial charge is 0.484 e. The molecule has 0 atom stereocenters. The minimum Gasteiger partial charge on any atom is -0.484 e. The Morgan fingerprint density at radius 3 is 2.25 bits per heavy atom. The van der Waals surface area contributed by atoms with Gasteiger partial charge in [0.05, 0.1) is 0 Å². The van der Waals surface area contributed by atoms with E-state index in [1.165, 1.54) is 0 Å².